The minimum atomic E-state index is -0.889. The van der Waals surface area contributed by atoms with E-state index in [0.717, 1.165) is 19.4 Å². The second-order valence-corrected chi connectivity index (χ2v) is 5.13. The number of carboxylic acid groups (broad SMARTS) is 1. The van der Waals surface area contributed by atoms with Gasteiger partial charge < -0.3 is 20.2 Å². The predicted octanol–water partition coefficient (Wildman–Crippen LogP) is 0.443. The van der Waals surface area contributed by atoms with Crippen molar-refractivity contribution in [3.63, 3.8) is 0 Å². The van der Waals surface area contributed by atoms with Crippen molar-refractivity contribution in [2.24, 2.45) is 5.92 Å². The Morgan fingerprint density at radius 1 is 1.50 bits per heavy atom. The molecule has 2 unspecified atom stereocenters. The molecule has 0 aromatic heterocycles. The van der Waals surface area contributed by atoms with Crippen LogP contribution in [-0.2, 0) is 4.79 Å². The van der Waals surface area contributed by atoms with E-state index in [1.165, 1.54) is 0 Å². The fourth-order valence-electron chi connectivity index (χ4n) is 2.00. The minimum absolute atomic E-state index is 0.158. The van der Waals surface area contributed by atoms with Gasteiger partial charge in [-0.2, -0.15) is 0 Å². The molecule has 0 spiro atoms. The third-order valence-electron chi connectivity index (χ3n) is 3.40. The van der Waals surface area contributed by atoms with Crippen LogP contribution in [0.25, 0.3) is 0 Å². The number of hydrogen-bond donors (Lipinski definition) is 2. The molecule has 1 heterocycles. The number of carboxylic acids is 1. The van der Waals surface area contributed by atoms with Crippen LogP contribution in [0.15, 0.2) is 0 Å². The largest absolute Gasteiger partial charge is 0.481 e. The second-order valence-electron chi connectivity index (χ2n) is 5.13. The van der Waals surface area contributed by atoms with Crippen LogP contribution in [0.3, 0.4) is 0 Å². The third-order valence-corrected chi connectivity index (χ3v) is 3.40. The monoisotopic (exact) mass is 257 g/mol. The highest BCUT2D eigenvalue weighted by Gasteiger charge is 2.25. The lowest BCUT2D eigenvalue weighted by Gasteiger charge is -2.36. The van der Waals surface area contributed by atoms with Crippen LogP contribution in [0, 0.1) is 5.92 Å². The van der Waals surface area contributed by atoms with Gasteiger partial charge in [0.05, 0.1) is 5.92 Å². The molecule has 1 aliphatic heterocycles. The average molecular weight is 257 g/mol. The highest BCUT2D eigenvalue weighted by molar-refractivity contribution is 5.76. The molecule has 104 valence electrons. The lowest BCUT2D eigenvalue weighted by molar-refractivity contribution is -0.140. The van der Waals surface area contributed by atoms with Crippen molar-refractivity contribution in [1.82, 2.24) is 15.1 Å². The fourth-order valence-corrected chi connectivity index (χ4v) is 2.00. The van der Waals surface area contributed by atoms with Gasteiger partial charge in [0.25, 0.3) is 0 Å². The van der Waals surface area contributed by atoms with Gasteiger partial charge in [-0.3, -0.25) is 4.79 Å². The first-order chi connectivity index (χ1) is 8.41. The van der Waals surface area contributed by atoms with Crippen LogP contribution < -0.4 is 5.32 Å². The molecule has 1 aliphatic rings. The van der Waals surface area contributed by atoms with E-state index in [1.807, 2.05) is 14.1 Å². The van der Waals surface area contributed by atoms with Gasteiger partial charge in [-0.25, -0.2) is 4.79 Å². The maximum Gasteiger partial charge on any atom is 0.317 e. The molecule has 6 nitrogen and oxygen atoms in total. The number of aliphatic carboxylic acids is 1. The molecule has 6 heteroatoms. The van der Waals surface area contributed by atoms with Gasteiger partial charge in [0.15, 0.2) is 0 Å². The quantitative estimate of drug-likeness (QED) is 0.766. The van der Waals surface area contributed by atoms with Gasteiger partial charge in [0, 0.05) is 25.7 Å². The number of likely N-dealkylation sites (N-methyl/N-ethyl adjacent to an activating group) is 1. The van der Waals surface area contributed by atoms with Gasteiger partial charge in [0.2, 0.25) is 0 Å². The number of amides is 2. The van der Waals surface area contributed by atoms with Crippen LogP contribution in [0.4, 0.5) is 4.79 Å². The van der Waals surface area contributed by atoms with Gasteiger partial charge in [-0.1, -0.05) is 6.92 Å². The topological polar surface area (TPSA) is 72.9 Å². The second kappa shape index (κ2) is 6.58. The van der Waals surface area contributed by atoms with E-state index in [-0.39, 0.29) is 12.6 Å². The number of hydrogen-bond acceptors (Lipinski definition) is 3. The molecule has 0 saturated carbocycles. The maximum atomic E-state index is 11.9. The Morgan fingerprint density at radius 2 is 2.17 bits per heavy atom. The number of carbonyl (C=O) groups is 2. The standard InChI is InChI=1S/C12H23N3O3/c1-9(11(16)17)7-13-12(18)15-6-4-5-10(8-15)14(2)3/h9-10H,4-8H2,1-3H3,(H,13,18)(H,16,17). The van der Waals surface area contributed by atoms with Crippen LogP contribution >= 0.6 is 0 Å². The Kier molecular flexibility index (Phi) is 5.40. The lowest BCUT2D eigenvalue weighted by Crippen LogP contribution is -2.51. The fraction of sp³-hybridized carbons (Fsp3) is 0.833. The van der Waals surface area contributed by atoms with Crippen molar-refractivity contribution >= 4 is 12.0 Å². The van der Waals surface area contributed by atoms with Crippen LogP contribution in [0.5, 0.6) is 0 Å². The van der Waals surface area contributed by atoms with Gasteiger partial charge in [0.1, 0.15) is 0 Å². The van der Waals surface area contributed by atoms with E-state index in [9.17, 15) is 9.59 Å². The number of rotatable bonds is 4. The Bertz CT molecular complexity index is 307. The van der Waals surface area contributed by atoms with E-state index in [2.05, 4.69) is 10.2 Å². The summed E-state index contributed by atoms with van der Waals surface area (Å²) in [5.74, 6) is -1.44. The smallest absolute Gasteiger partial charge is 0.317 e. The summed E-state index contributed by atoms with van der Waals surface area (Å²) in [6, 6.07) is 0.232. The first kappa shape index (κ1) is 14.8. The maximum absolute atomic E-state index is 11.9. The molecule has 1 fully saturated rings. The van der Waals surface area contributed by atoms with E-state index in [0.29, 0.717) is 12.6 Å². The number of nitrogens with one attached hydrogen (secondary N) is 1. The Morgan fingerprint density at radius 3 is 2.72 bits per heavy atom. The zero-order valence-electron chi connectivity index (χ0n) is 11.3. The molecule has 2 atom stereocenters. The molecule has 0 aliphatic carbocycles. The average Bonchev–Trinajstić information content (AvgIpc) is 2.35. The van der Waals surface area contributed by atoms with Crippen LogP contribution in [0.1, 0.15) is 19.8 Å². The molecule has 2 amide bonds. The van der Waals surface area contributed by atoms with Crippen molar-refractivity contribution in [1.29, 1.82) is 0 Å². The normalized spacial score (nSPS) is 21.8. The first-order valence-corrected chi connectivity index (χ1v) is 6.33. The Labute approximate surface area is 108 Å². The first-order valence-electron chi connectivity index (χ1n) is 6.33. The summed E-state index contributed by atoms with van der Waals surface area (Å²) >= 11 is 0. The van der Waals surface area contributed by atoms with E-state index in [4.69, 9.17) is 5.11 Å². The van der Waals surface area contributed by atoms with E-state index in [1.54, 1.807) is 11.8 Å². The van der Waals surface area contributed by atoms with Crippen molar-refractivity contribution in [3.05, 3.63) is 0 Å². The number of carbonyl (C=O) groups excluding carboxylic acids is 1. The third kappa shape index (κ3) is 4.18. The highest BCUT2D eigenvalue weighted by atomic mass is 16.4. The molecule has 18 heavy (non-hydrogen) atoms. The molecule has 0 aromatic carbocycles. The number of piperidine rings is 1. The molecular weight excluding hydrogens is 234 g/mol. The molecule has 1 saturated heterocycles. The minimum Gasteiger partial charge on any atom is -0.481 e. The van der Waals surface area contributed by atoms with Crippen molar-refractivity contribution in [2.75, 3.05) is 33.7 Å². The van der Waals surface area contributed by atoms with E-state index < -0.39 is 11.9 Å². The van der Waals surface area contributed by atoms with Crippen molar-refractivity contribution in [3.8, 4) is 0 Å². The molecular formula is C12H23N3O3. The highest BCUT2D eigenvalue weighted by Crippen LogP contribution is 2.13. The summed E-state index contributed by atoms with van der Waals surface area (Å²) in [7, 11) is 4.02. The van der Waals surface area contributed by atoms with Crippen molar-refractivity contribution < 1.29 is 14.7 Å². The van der Waals surface area contributed by atoms with Gasteiger partial charge in [-0.05, 0) is 26.9 Å². The molecule has 2 N–H and O–H groups in total. The zero-order valence-corrected chi connectivity index (χ0v) is 11.3. The summed E-state index contributed by atoms with van der Waals surface area (Å²) < 4.78 is 0. The van der Waals surface area contributed by atoms with Gasteiger partial charge >= 0.3 is 12.0 Å². The summed E-state index contributed by atoms with van der Waals surface area (Å²) in [6.07, 6.45) is 2.09. The predicted molar refractivity (Wildman–Crippen MR) is 68.5 cm³/mol. The number of nitrogens with zero attached hydrogens (tertiary/aromatic N) is 2. The van der Waals surface area contributed by atoms with Crippen LogP contribution in [-0.4, -0.2) is 66.7 Å². The zero-order chi connectivity index (χ0) is 13.7. The van der Waals surface area contributed by atoms with E-state index >= 15 is 0 Å². The summed E-state index contributed by atoms with van der Waals surface area (Å²) in [5.41, 5.74) is 0. The van der Waals surface area contributed by atoms with Gasteiger partial charge in [-0.15, -0.1) is 0 Å². The number of urea groups is 1. The molecule has 0 bridgehead atoms. The lowest BCUT2D eigenvalue weighted by atomic mass is 10.1. The SMILES string of the molecule is CC(CNC(=O)N1CCCC(N(C)C)C1)C(=O)O. The van der Waals surface area contributed by atoms with Crippen molar-refractivity contribution in [2.45, 2.75) is 25.8 Å². The summed E-state index contributed by atoms with van der Waals surface area (Å²) in [6.45, 7) is 3.22. The summed E-state index contributed by atoms with van der Waals surface area (Å²) in [4.78, 5) is 26.4. The Balaban J connectivity index is 2.39. The Hall–Kier alpha value is -1.30. The molecule has 1 rings (SSSR count). The molecule has 0 radical (unpaired) electrons. The number of likely N-dealkylation sites (tertiary alicyclic amines) is 1. The van der Waals surface area contributed by atoms with Crippen LogP contribution in [0.2, 0.25) is 0 Å². The molecule has 0 aromatic rings. The summed E-state index contributed by atoms with van der Waals surface area (Å²) in [5, 5.41) is 11.4.